The molecule has 2 rings (SSSR count). The van der Waals surface area contributed by atoms with Crippen molar-refractivity contribution in [3.63, 3.8) is 0 Å². The summed E-state index contributed by atoms with van der Waals surface area (Å²) in [7, 11) is 0. The van der Waals surface area contributed by atoms with Gasteiger partial charge in [0.15, 0.2) is 0 Å². The SMILES string of the molecule is NC1CCCCC1.OCCOCc1ccccc1. The molecule has 1 aromatic rings. The van der Waals surface area contributed by atoms with Crippen molar-refractivity contribution in [2.45, 2.75) is 44.8 Å². The molecule has 3 N–H and O–H groups in total. The lowest BCUT2D eigenvalue weighted by Crippen LogP contribution is -2.22. The molecule has 0 unspecified atom stereocenters. The third kappa shape index (κ3) is 7.43. The normalized spacial score (nSPS) is 15.9. The number of rotatable bonds is 4. The van der Waals surface area contributed by atoms with E-state index in [-0.39, 0.29) is 6.61 Å². The van der Waals surface area contributed by atoms with Gasteiger partial charge in [0, 0.05) is 6.04 Å². The van der Waals surface area contributed by atoms with Gasteiger partial charge in [-0.1, -0.05) is 49.6 Å². The van der Waals surface area contributed by atoms with Gasteiger partial charge in [-0.05, 0) is 18.4 Å². The molecule has 0 heterocycles. The molecule has 0 amide bonds. The highest BCUT2D eigenvalue weighted by atomic mass is 16.5. The second-order valence-corrected chi connectivity index (χ2v) is 4.66. The first-order valence-corrected chi connectivity index (χ1v) is 6.81. The fourth-order valence-electron chi connectivity index (χ4n) is 1.96. The van der Waals surface area contributed by atoms with Gasteiger partial charge in [0.1, 0.15) is 0 Å². The molecule has 0 aromatic heterocycles. The zero-order valence-electron chi connectivity index (χ0n) is 11.1. The van der Waals surface area contributed by atoms with E-state index in [1.54, 1.807) is 0 Å². The largest absolute Gasteiger partial charge is 0.394 e. The molecular formula is C15H25NO2. The number of hydrogen-bond acceptors (Lipinski definition) is 3. The van der Waals surface area contributed by atoms with Crippen molar-refractivity contribution in [2.24, 2.45) is 5.73 Å². The molecule has 0 bridgehead atoms. The maximum absolute atomic E-state index is 8.42. The Morgan fingerprint density at radius 3 is 2.28 bits per heavy atom. The molecule has 0 spiro atoms. The zero-order chi connectivity index (χ0) is 13.1. The lowest BCUT2D eigenvalue weighted by molar-refractivity contribution is 0.0815. The van der Waals surface area contributed by atoms with E-state index in [0.29, 0.717) is 19.3 Å². The summed E-state index contributed by atoms with van der Waals surface area (Å²) in [6.07, 6.45) is 6.66. The van der Waals surface area contributed by atoms with Gasteiger partial charge in [0.05, 0.1) is 19.8 Å². The van der Waals surface area contributed by atoms with E-state index in [1.165, 1.54) is 32.1 Å². The molecule has 3 nitrogen and oxygen atoms in total. The predicted molar refractivity (Wildman–Crippen MR) is 74.2 cm³/mol. The molecule has 1 aromatic carbocycles. The third-order valence-corrected chi connectivity index (χ3v) is 3.00. The predicted octanol–water partition coefficient (Wildman–Crippen LogP) is 2.47. The van der Waals surface area contributed by atoms with Crippen LogP contribution in [0.1, 0.15) is 37.7 Å². The number of hydrogen-bond donors (Lipinski definition) is 2. The van der Waals surface area contributed by atoms with Crippen molar-refractivity contribution in [1.29, 1.82) is 0 Å². The van der Waals surface area contributed by atoms with Crippen LogP contribution in [0.5, 0.6) is 0 Å². The van der Waals surface area contributed by atoms with Crippen molar-refractivity contribution in [1.82, 2.24) is 0 Å². The van der Waals surface area contributed by atoms with E-state index in [4.69, 9.17) is 15.6 Å². The Balaban J connectivity index is 0.000000199. The summed E-state index contributed by atoms with van der Waals surface area (Å²) in [5, 5.41) is 8.42. The van der Waals surface area contributed by atoms with Crippen molar-refractivity contribution >= 4 is 0 Å². The van der Waals surface area contributed by atoms with Crippen LogP contribution in [0.25, 0.3) is 0 Å². The van der Waals surface area contributed by atoms with Gasteiger partial charge in [-0.15, -0.1) is 0 Å². The van der Waals surface area contributed by atoms with Gasteiger partial charge in [-0.25, -0.2) is 0 Å². The molecule has 1 aliphatic rings. The van der Waals surface area contributed by atoms with Crippen LogP contribution >= 0.6 is 0 Å². The average molecular weight is 251 g/mol. The van der Waals surface area contributed by atoms with Gasteiger partial charge >= 0.3 is 0 Å². The van der Waals surface area contributed by atoms with E-state index in [0.717, 1.165) is 5.56 Å². The van der Waals surface area contributed by atoms with Gasteiger partial charge in [-0.2, -0.15) is 0 Å². The Labute approximate surface area is 110 Å². The highest BCUT2D eigenvalue weighted by Gasteiger charge is 2.06. The van der Waals surface area contributed by atoms with Crippen LogP contribution in [0.4, 0.5) is 0 Å². The fraction of sp³-hybridized carbons (Fsp3) is 0.600. The average Bonchev–Trinajstić information content (AvgIpc) is 2.42. The Hall–Kier alpha value is -0.900. The van der Waals surface area contributed by atoms with Gasteiger partial charge in [-0.3, -0.25) is 0 Å². The number of nitrogens with two attached hydrogens (primary N) is 1. The first-order chi connectivity index (χ1) is 8.83. The van der Waals surface area contributed by atoms with E-state index in [2.05, 4.69) is 0 Å². The van der Waals surface area contributed by atoms with Crippen molar-refractivity contribution in [2.75, 3.05) is 13.2 Å². The molecule has 1 saturated carbocycles. The van der Waals surface area contributed by atoms with E-state index >= 15 is 0 Å². The second-order valence-electron chi connectivity index (χ2n) is 4.66. The topological polar surface area (TPSA) is 55.5 Å². The van der Waals surface area contributed by atoms with Crippen LogP contribution in [-0.4, -0.2) is 24.4 Å². The molecule has 1 aliphatic carbocycles. The van der Waals surface area contributed by atoms with Crippen LogP contribution in [0, 0.1) is 0 Å². The summed E-state index contributed by atoms with van der Waals surface area (Å²) in [4.78, 5) is 0. The van der Waals surface area contributed by atoms with Gasteiger partial charge in [0.25, 0.3) is 0 Å². The van der Waals surface area contributed by atoms with E-state index < -0.39 is 0 Å². The van der Waals surface area contributed by atoms with Crippen molar-refractivity contribution < 1.29 is 9.84 Å². The Morgan fingerprint density at radius 2 is 1.78 bits per heavy atom. The monoisotopic (exact) mass is 251 g/mol. The Morgan fingerprint density at radius 1 is 1.11 bits per heavy atom. The van der Waals surface area contributed by atoms with Crippen molar-refractivity contribution in [3.05, 3.63) is 35.9 Å². The molecule has 18 heavy (non-hydrogen) atoms. The summed E-state index contributed by atoms with van der Waals surface area (Å²) >= 11 is 0. The quantitative estimate of drug-likeness (QED) is 0.808. The van der Waals surface area contributed by atoms with Crippen LogP contribution in [0.15, 0.2) is 30.3 Å². The minimum absolute atomic E-state index is 0.0901. The smallest absolute Gasteiger partial charge is 0.0718 e. The number of aliphatic hydroxyl groups is 1. The molecule has 3 heteroatoms. The second kappa shape index (κ2) is 10.1. The number of ether oxygens (including phenoxy) is 1. The van der Waals surface area contributed by atoms with Crippen LogP contribution in [0.2, 0.25) is 0 Å². The maximum atomic E-state index is 8.42. The summed E-state index contributed by atoms with van der Waals surface area (Å²) < 4.78 is 5.12. The molecule has 0 radical (unpaired) electrons. The zero-order valence-corrected chi connectivity index (χ0v) is 11.1. The molecule has 1 fully saturated rings. The standard InChI is InChI=1S/C9H12O2.C6H13N/c10-6-7-11-8-9-4-2-1-3-5-9;7-6-4-2-1-3-5-6/h1-5,10H,6-8H2;6H,1-5,7H2. The Bertz CT molecular complexity index is 284. The highest BCUT2D eigenvalue weighted by Crippen LogP contribution is 2.14. The molecule has 0 aliphatic heterocycles. The van der Waals surface area contributed by atoms with Crippen LogP contribution < -0.4 is 5.73 Å². The van der Waals surface area contributed by atoms with Gasteiger partial charge < -0.3 is 15.6 Å². The minimum Gasteiger partial charge on any atom is -0.394 e. The lowest BCUT2D eigenvalue weighted by atomic mass is 9.97. The van der Waals surface area contributed by atoms with E-state index in [1.807, 2.05) is 30.3 Å². The first-order valence-electron chi connectivity index (χ1n) is 6.81. The Kier molecular flexibility index (Phi) is 8.47. The number of benzene rings is 1. The first kappa shape index (κ1) is 15.2. The molecular weight excluding hydrogens is 226 g/mol. The summed E-state index contributed by atoms with van der Waals surface area (Å²) in [5.41, 5.74) is 6.77. The molecule has 0 atom stereocenters. The minimum atomic E-state index is 0.0901. The van der Waals surface area contributed by atoms with E-state index in [9.17, 15) is 0 Å². The lowest BCUT2D eigenvalue weighted by Gasteiger charge is -2.15. The van der Waals surface area contributed by atoms with Crippen LogP contribution in [-0.2, 0) is 11.3 Å². The summed E-state index contributed by atoms with van der Waals surface area (Å²) in [5.74, 6) is 0. The van der Waals surface area contributed by atoms with Crippen molar-refractivity contribution in [3.8, 4) is 0 Å². The molecule has 102 valence electrons. The summed E-state index contributed by atoms with van der Waals surface area (Å²) in [6.45, 7) is 1.09. The summed E-state index contributed by atoms with van der Waals surface area (Å²) in [6, 6.07) is 10.4. The van der Waals surface area contributed by atoms with Crippen LogP contribution in [0.3, 0.4) is 0 Å². The highest BCUT2D eigenvalue weighted by molar-refractivity contribution is 5.13. The number of aliphatic hydroxyl groups excluding tert-OH is 1. The fourth-order valence-corrected chi connectivity index (χ4v) is 1.96. The third-order valence-electron chi connectivity index (χ3n) is 3.00. The maximum Gasteiger partial charge on any atom is 0.0718 e. The molecule has 0 saturated heterocycles. The van der Waals surface area contributed by atoms with Gasteiger partial charge in [0.2, 0.25) is 0 Å².